The van der Waals surface area contributed by atoms with Gasteiger partial charge in [-0.25, -0.2) is 9.59 Å². The van der Waals surface area contributed by atoms with Crippen LogP contribution in [0.25, 0.3) is 0 Å². The molecular formula is C70H94N7O8+. The van der Waals surface area contributed by atoms with Crippen molar-refractivity contribution in [3.8, 4) is 0 Å². The smallest absolute Gasteiger partial charge is 0.407 e. The number of fused-ring (bicyclic) bond motifs is 2. The van der Waals surface area contributed by atoms with Gasteiger partial charge in [0.25, 0.3) is 5.91 Å². The van der Waals surface area contributed by atoms with Gasteiger partial charge in [0.05, 0.1) is 25.2 Å². The van der Waals surface area contributed by atoms with Gasteiger partial charge < -0.3 is 49.0 Å². The van der Waals surface area contributed by atoms with E-state index in [0.717, 1.165) is 86.3 Å². The summed E-state index contributed by atoms with van der Waals surface area (Å²) in [5.41, 5.74) is 15.0. The lowest BCUT2D eigenvalue weighted by Crippen LogP contribution is -2.46. The van der Waals surface area contributed by atoms with Crippen LogP contribution in [0.3, 0.4) is 0 Å². The SMILES string of the molecule is COCCCN1/C(=C/C=C2\CCC(/C=C/C3=[N+](CCCOC)c4ccc(C)cc4C3(C)C)=C2OCCCOC(=O)NCC2(C)CCCC(NC(=O)OCC(=O)N(c3ccc(N(C)C)cc3)c3ccc(N(C)C)cc3)C2)C(C)(C)c2cc(C)ccc21. The second kappa shape index (κ2) is 28.2. The van der Waals surface area contributed by atoms with Crippen molar-refractivity contribution in [1.29, 1.82) is 0 Å². The molecule has 2 aliphatic heterocycles. The van der Waals surface area contributed by atoms with Gasteiger partial charge in [-0.2, -0.15) is 4.58 Å². The molecule has 3 amide bonds. The Balaban J connectivity index is 0.897. The number of aryl methyl sites for hydroxylation is 2. The number of hydrogen-bond donors (Lipinski definition) is 2. The first kappa shape index (κ1) is 63.7. The number of nitrogens with zero attached hydrogens (tertiary/aromatic N) is 5. The van der Waals surface area contributed by atoms with Gasteiger partial charge in [0.15, 0.2) is 18.9 Å². The Hall–Kier alpha value is -7.36. The molecule has 456 valence electrons. The highest BCUT2D eigenvalue weighted by Crippen LogP contribution is 2.49. The van der Waals surface area contributed by atoms with Gasteiger partial charge in [-0.05, 0) is 161 Å². The van der Waals surface area contributed by atoms with Gasteiger partial charge in [0, 0.05) is 138 Å². The number of ether oxygens (including phenoxy) is 5. The molecule has 2 aliphatic carbocycles. The predicted molar refractivity (Wildman–Crippen MR) is 344 cm³/mol. The fraction of sp³-hybridized carbons (Fsp3) is 0.486. The van der Waals surface area contributed by atoms with E-state index in [-0.39, 0.29) is 34.8 Å². The van der Waals surface area contributed by atoms with E-state index in [1.807, 2.05) is 86.5 Å². The lowest BCUT2D eigenvalue weighted by atomic mass is 9.73. The Labute approximate surface area is 506 Å². The average molecular weight is 1160 g/mol. The summed E-state index contributed by atoms with van der Waals surface area (Å²) in [4.78, 5) is 48.5. The number of rotatable bonds is 25. The summed E-state index contributed by atoms with van der Waals surface area (Å²) in [6.07, 6.45) is 15.1. The molecule has 1 fully saturated rings. The Morgan fingerprint density at radius 1 is 0.694 bits per heavy atom. The zero-order valence-electron chi connectivity index (χ0n) is 53.0. The molecule has 0 spiro atoms. The second-order valence-electron chi connectivity index (χ2n) is 25.2. The van der Waals surface area contributed by atoms with Crippen LogP contribution < -0.4 is 30.2 Å². The molecule has 1 saturated carbocycles. The van der Waals surface area contributed by atoms with Crippen molar-refractivity contribution in [3.05, 3.63) is 154 Å². The number of hydrogen-bond acceptors (Lipinski definition) is 11. The molecule has 0 saturated heterocycles. The summed E-state index contributed by atoms with van der Waals surface area (Å²) >= 11 is 0. The number of amides is 3. The lowest BCUT2D eigenvalue weighted by Gasteiger charge is -2.38. The molecule has 4 aromatic rings. The molecular weight excluding hydrogens is 1070 g/mol. The fourth-order valence-electron chi connectivity index (χ4n) is 12.6. The maximum atomic E-state index is 13.9. The molecule has 2 N–H and O–H groups in total. The maximum Gasteiger partial charge on any atom is 0.407 e. The van der Waals surface area contributed by atoms with Gasteiger partial charge in [-0.3, -0.25) is 9.69 Å². The van der Waals surface area contributed by atoms with E-state index in [2.05, 4.69) is 129 Å². The highest BCUT2D eigenvalue weighted by molar-refractivity contribution is 6.04. The van der Waals surface area contributed by atoms with E-state index in [1.54, 1.807) is 19.1 Å². The molecule has 4 aromatic carbocycles. The van der Waals surface area contributed by atoms with Gasteiger partial charge in [0.1, 0.15) is 5.76 Å². The summed E-state index contributed by atoms with van der Waals surface area (Å²) < 4.78 is 31.6. The number of allylic oxidation sites excluding steroid dienone is 7. The summed E-state index contributed by atoms with van der Waals surface area (Å²) in [5.74, 6) is 0.500. The highest BCUT2D eigenvalue weighted by Gasteiger charge is 2.45. The first-order valence-electron chi connectivity index (χ1n) is 30.4. The molecule has 2 heterocycles. The van der Waals surface area contributed by atoms with Crippen molar-refractivity contribution in [3.63, 3.8) is 0 Å². The Morgan fingerprint density at radius 2 is 1.33 bits per heavy atom. The van der Waals surface area contributed by atoms with Crippen LogP contribution in [0.2, 0.25) is 0 Å². The van der Waals surface area contributed by atoms with E-state index >= 15 is 0 Å². The standard InChI is InChI=1S/C70H93N7O8/c1-49-19-33-60-58(44-49)68(3,4)62(75(60)38-15-40-81-12)35-23-51-21-22-52(24-36-63-69(5,6)59-45-50(2)20-34-61(59)76(63)39-16-41-82-13)65(51)83-42-17-43-84-66(79)71-48-70(7)37-14-18-53(46-70)72-67(80)85-47-64(78)77(56-29-25-54(26-30-56)73(8)9)57-31-27-55(28-32-57)74(10)11/h19-20,23-36,44-45,53H,14-18,21-22,37-43,46-48H2,1-13H3,(H-,71,72,79,80)/p+1. The number of carbonyl (C=O) groups excluding carboxylic acids is 3. The van der Waals surface area contributed by atoms with Crippen LogP contribution in [0, 0.1) is 19.3 Å². The minimum absolute atomic E-state index is 0.182. The normalized spacial score (nSPS) is 19.6. The summed E-state index contributed by atoms with van der Waals surface area (Å²) in [6, 6.07) is 28.7. The van der Waals surface area contributed by atoms with E-state index in [0.29, 0.717) is 50.6 Å². The van der Waals surface area contributed by atoms with E-state index in [9.17, 15) is 14.4 Å². The maximum absolute atomic E-state index is 13.9. The number of methoxy groups -OCH3 is 2. The topological polar surface area (TPSA) is 137 Å². The molecule has 15 heteroatoms. The lowest BCUT2D eigenvalue weighted by molar-refractivity contribution is -0.438. The molecule has 4 aliphatic rings. The molecule has 8 rings (SSSR count). The highest BCUT2D eigenvalue weighted by atomic mass is 16.6. The number of benzene rings is 4. The van der Waals surface area contributed by atoms with Crippen LogP contribution in [0.1, 0.15) is 115 Å². The summed E-state index contributed by atoms with van der Waals surface area (Å²) in [6.45, 7) is 19.3. The molecule has 0 bridgehead atoms. The third kappa shape index (κ3) is 15.4. The first-order valence-corrected chi connectivity index (χ1v) is 30.4. The number of carbonyl (C=O) groups is 3. The van der Waals surface area contributed by atoms with Crippen molar-refractivity contribution in [1.82, 2.24) is 10.6 Å². The fourth-order valence-corrected chi connectivity index (χ4v) is 12.6. The molecule has 2 atom stereocenters. The number of alkyl carbamates (subject to hydrolysis) is 2. The Bertz CT molecular complexity index is 3120. The van der Waals surface area contributed by atoms with Crippen LogP contribution in [0.4, 0.5) is 43.7 Å². The Kier molecular flexibility index (Phi) is 21.1. The van der Waals surface area contributed by atoms with E-state index < -0.39 is 18.8 Å². The average Bonchev–Trinajstić information content (AvgIpc) is 1.79. The van der Waals surface area contributed by atoms with Gasteiger partial charge >= 0.3 is 12.2 Å². The predicted octanol–water partition coefficient (Wildman–Crippen LogP) is 13.3. The molecule has 2 unspecified atom stereocenters. The zero-order valence-corrected chi connectivity index (χ0v) is 53.0. The minimum Gasteiger partial charge on any atom is -0.493 e. The van der Waals surface area contributed by atoms with Crippen molar-refractivity contribution < 1.29 is 42.6 Å². The van der Waals surface area contributed by atoms with E-state index in [1.165, 1.54) is 45.0 Å². The van der Waals surface area contributed by atoms with Crippen LogP contribution in [-0.4, -0.2) is 130 Å². The molecule has 85 heavy (non-hydrogen) atoms. The largest absolute Gasteiger partial charge is 0.493 e. The van der Waals surface area contributed by atoms with Crippen molar-refractivity contribution >= 4 is 57.9 Å². The molecule has 0 radical (unpaired) electrons. The van der Waals surface area contributed by atoms with Crippen molar-refractivity contribution in [2.24, 2.45) is 5.41 Å². The second-order valence-corrected chi connectivity index (χ2v) is 25.2. The quantitative estimate of drug-likeness (QED) is 0.0485. The van der Waals surface area contributed by atoms with Crippen LogP contribution >= 0.6 is 0 Å². The van der Waals surface area contributed by atoms with Gasteiger partial charge in [0.2, 0.25) is 5.69 Å². The van der Waals surface area contributed by atoms with Crippen LogP contribution in [0.15, 0.2) is 132 Å². The summed E-state index contributed by atoms with van der Waals surface area (Å²) in [7, 11) is 11.4. The zero-order chi connectivity index (χ0) is 61.1. The monoisotopic (exact) mass is 1160 g/mol. The number of nitrogens with one attached hydrogen (secondary N) is 2. The van der Waals surface area contributed by atoms with E-state index in [4.69, 9.17) is 23.7 Å². The van der Waals surface area contributed by atoms with Crippen molar-refractivity contribution in [2.75, 3.05) is 115 Å². The molecule has 0 aromatic heterocycles. The first-order chi connectivity index (χ1) is 40.6. The number of anilines is 5. The molecule has 15 nitrogen and oxygen atoms in total. The van der Waals surface area contributed by atoms with Gasteiger partial charge in [-0.1, -0.05) is 62.6 Å². The summed E-state index contributed by atoms with van der Waals surface area (Å²) in [5, 5.41) is 6.02. The third-order valence-corrected chi connectivity index (χ3v) is 17.3. The van der Waals surface area contributed by atoms with Crippen LogP contribution in [0.5, 0.6) is 0 Å². The van der Waals surface area contributed by atoms with Crippen LogP contribution in [-0.2, 0) is 39.3 Å². The Morgan fingerprint density at radius 3 is 1.99 bits per heavy atom. The van der Waals surface area contributed by atoms with Crippen molar-refractivity contribution in [2.45, 2.75) is 123 Å². The third-order valence-electron chi connectivity index (χ3n) is 17.3. The minimum atomic E-state index is -0.656. The van der Waals surface area contributed by atoms with Gasteiger partial charge in [-0.15, -0.1) is 0 Å².